The molecular weight excluding hydrogens is 268 g/mol. The van der Waals surface area contributed by atoms with Gasteiger partial charge in [-0.2, -0.15) is 0 Å². The van der Waals surface area contributed by atoms with Crippen LogP contribution in [0.1, 0.15) is 32.7 Å². The minimum Gasteiger partial charge on any atom is -0.478 e. The van der Waals surface area contributed by atoms with Gasteiger partial charge in [-0.05, 0) is 48.7 Å². The Hall–Kier alpha value is -2.69. The SMILES string of the molecule is O=C(O)c1ccc2c(c1)CCCN2C(=O)c1ccncc1. The first kappa shape index (κ1) is 13.3. The third kappa shape index (κ3) is 2.50. The highest BCUT2D eigenvalue weighted by Crippen LogP contribution is 2.29. The number of nitrogens with zero attached hydrogens (tertiary/aromatic N) is 2. The molecule has 0 aliphatic carbocycles. The van der Waals surface area contributed by atoms with Crippen LogP contribution in [0.2, 0.25) is 0 Å². The maximum Gasteiger partial charge on any atom is 0.335 e. The second kappa shape index (κ2) is 5.36. The molecular formula is C16H14N2O3. The maximum atomic E-state index is 12.6. The molecule has 1 amide bonds. The van der Waals surface area contributed by atoms with Crippen molar-refractivity contribution < 1.29 is 14.7 Å². The molecule has 1 aromatic carbocycles. The van der Waals surface area contributed by atoms with E-state index in [4.69, 9.17) is 5.11 Å². The van der Waals surface area contributed by atoms with Crippen LogP contribution >= 0.6 is 0 Å². The first-order valence-corrected chi connectivity index (χ1v) is 6.75. The van der Waals surface area contributed by atoms with Gasteiger partial charge in [-0.15, -0.1) is 0 Å². The number of carbonyl (C=O) groups is 2. The third-order valence-corrected chi connectivity index (χ3v) is 3.62. The topological polar surface area (TPSA) is 70.5 Å². The highest BCUT2D eigenvalue weighted by molar-refractivity contribution is 6.06. The minimum atomic E-state index is -0.949. The largest absolute Gasteiger partial charge is 0.478 e. The molecule has 1 aromatic heterocycles. The van der Waals surface area contributed by atoms with Crippen molar-refractivity contribution in [3.05, 3.63) is 59.4 Å². The Morgan fingerprint density at radius 3 is 2.57 bits per heavy atom. The van der Waals surface area contributed by atoms with Crippen LogP contribution in [-0.2, 0) is 6.42 Å². The maximum absolute atomic E-state index is 12.6. The average Bonchev–Trinajstić information content (AvgIpc) is 2.54. The monoisotopic (exact) mass is 282 g/mol. The van der Waals surface area contributed by atoms with Gasteiger partial charge in [-0.25, -0.2) is 4.79 Å². The van der Waals surface area contributed by atoms with Crippen molar-refractivity contribution in [1.29, 1.82) is 0 Å². The average molecular weight is 282 g/mol. The summed E-state index contributed by atoms with van der Waals surface area (Å²) in [5, 5.41) is 9.05. The number of pyridine rings is 1. The van der Waals surface area contributed by atoms with Crippen molar-refractivity contribution >= 4 is 17.6 Å². The van der Waals surface area contributed by atoms with Gasteiger partial charge in [0.15, 0.2) is 0 Å². The van der Waals surface area contributed by atoms with Crippen molar-refractivity contribution in [1.82, 2.24) is 4.98 Å². The Morgan fingerprint density at radius 1 is 1.10 bits per heavy atom. The van der Waals surface area contributed by atoms with Crippen molar-refractivity contribution in [2.24, 2.45) is 0 Å². The number of amides is 1. The van der Waals surface area contributed by atoms with Crippen LogP contribution in [-0.4, -0.2) is 28.5 Å². The molecule has 0 bridgehead atoms. The zero-order chi connectivity index (χ0) is 14.8. The van der Waals surface area contributed by atoms with E-state index in [0.29, 0.717) is 12.1 Å². The standard InChI is InChI=1S/C16H14N2O3/c19-15(11-5-7-17-8-6-11)18-9-1-2-12-10-13(16(20)21)3-4-14(12)18/h3-8,10H,1-2,9H2,(H,20,21). The predicted molar refractivity (Wildman–Crippen MR) is 77.6 cm³/mol. The Labute approximate surface area is 121 Å². The molecule has 5 heteroatoms. The smallest absolute Gasteiger partial charge is 0.335 e. The highest BCUT2D eigenvalue weighted by atomic mass is 16.4. The molecule has 0 fully saturated rings. The normalized spacial score (nSPS) is 13.6. The number of carbonyl (C=O) groups excluding carboxylic acids is 1. The third-order valence-electron chi connectivity index (χ3n) is 3.62. The number of rotatable bonds is 2. The zero-order valence-corrected chi connectivity index (χ0v) is 11.3. The molecule has 0 saturated heterocycles. The van der Waals surface area contributed by atoms with Crippen LogP contribution in [0.25, 0.3) is 0 Å². The molecule has 106 valence electrons. The fourth-order valence-corrected chi connectivity index (χ4v) is 2.59. The van der Waals surface area contributed by atoms with Gasteiger partial charge >= 0.3 is 5.97 Å². The Balaban J connectivity index is 1.97. The number of carboxylic acids is 1. The van der Waals surface area contributed by atoms with E-state index < -0.39 is 5.97 Å². The summed E-state index contributed by atoms with van der Waals surface area (Å²) in [5.41, 5.74) is 2.55. The molecule has 2 aromatic rings. The Morgan fingerprint density at radius 2 is 1.86 bits per heavy atom. The van der Waals surface area contributed by atoms with E-state index in [9.17, 15) is 9.59 Å². The molecule has 21 heavy (non-hydrogen) atoms. The Kier molecular flexibility index (Phi) is 3.39. The molecule has 2 heterocycles. The van der Waals surface area contributed by atoms with Crippen LogP contribution in [0.15, 0.2) is 42.7 Å². The van der Waals surface area contributed by atoms with E-state index in [2.05, 4.69) is 4.98 Å². The molecule has 1 aliphatic rings. The number of benzene rings is 1. The van der Waals surface area contributed by atoms with Crippen LogP contribution in [0.3, 0.4) is 0 Å². The molecule has 1 aliphatic heterocycles. The van der Waals surface area contributed by atoms with Crippen LogP contribution < -0.4 is 4.90 Å². The molecule has 1 N–H and O–H groups in total. The lowest BCUT2D eigenvalue weighted by molar-refractivity contribution is 0.0696. The van der Waals surface area contributed by atoms with Crippen molar-refractivity contribution in [3.63, 3.8) is 0 Å². The van der Waals surface area contributed by atoms with E-state index in [-0.39, 0.29) is 11.5 Å². The lowest BCUT2D eigenvalue weighted by atomic mass is 9.98. The van der Waals surface area contributed by atoms with Crippen LogP contribution in [0.5, 0.6) is 0 Å². The summed E-state index contributed by atoms with van der Waals surface area (Å²) in [5.74, 6) is -1.03. The van der Waals surface area contributed by atoms with Gasteiger partial charge in [0.05, 0.1) is 5.56 Å². The van der Waals surface area contributed by atoms with Crippen molar-refractivity contribution in [2.75, 3.05) is 11.4 Å². The van der Waals surface area contributed by atoms with Crippen molar-refractivity contribution in [3.8, 4) is 0 Å². The van der Waals surface area contributed by atoms with Gasteiger partial charge in [-0.3, -0.25) is 9.78 Å². The minimum absolute atomic E-state index is 0.0820. The number of hydrogen-bond donors (Lipinski definition) is 1. The molecule has 0 atom stereocenters. The first-order valence-electron chi connectivity index (χ1n) is 6.75. The van der Waals surface area contributed by atoms with Crippen molar-refractivity contribution in [2.45, 2.75) is 12.8 Å². The van der Waals surface area contributed by atoms with Crippen LogP contribution in [0, 0.1) is 0 Å². The number of anilines is 1. The van der Waals surface area contributed by atoms with Crippen LogP contribution in [0.4, 0.5) is 5.69 Å². The van der Waals surface area contributed by atoms with Gasteiger partial charge in [0.2, 0.25) is 0 Å². The molecule has 5 nitrogen and oxygen atoms in total. The van der Waals surface area contributed by atoms with E-state index in [1.54, 1.807) is 47.6 Å². The molecule has 0 spiro atoms. The summed E-state index contributed by atoms with van der Waals surface area (Å²) in [7, 11) is 0. The molecule has 0 saturated carbocycles. The number of aryl methyl sites for hydroxylation is 1. The fraction of sp³-hybridized carbons (Fsp3) is 0.188. The van der Waals surface area contributed by atoms with Gasteiger partial charge < -0.3 is 10.0 Å². The lowest BCUT2D eigenvalue weighted by Crippen LogP contribution is -2.35. The van der Waals surface area contributed by atoms with Gasteiger partial charge in [-0.1, -0.05) is 0 Å². The Bertz CT molecular complexity index is 698. The second-order valence-electron chi connectivity index (χ2n) is 4.94. The predicted octanol–water partition coefficient (Wildman–Crippen LogP) is 2.37. The molecule has 3 rings (SSSR count). The summed E-state index contributed by atoms with van der Waals surface area (Å²) in [6, 6.07) is 8.28. The number of hydrogen-bond acceptors (Lipinski definition) is 3. The molecule has 0 radical (unpaired) electrons. The van der Waals surface area contributed by atoms with E-state index in [0.717, 1.165) is 24.1 Å². The number of aromatic nitrogens is 1. The highest BCUT2D eigenvalue weighted by Gasteiger charge is 2.24. The summed E-state index contributed by atoms with van der Waals surface area (Å²) >= 11 is 0. The van der Waals surface area contributed by atoms with E-state index in [1.165, 1.54) is 0 Å². The van der Waals surface area contributed by atoms with Gasteiger partial charge in [0.25, 0.3) is 5.91 Å². The lowest BCUT2D eigenvalue weighted by Gasteiger charge is -2.29. The first-order chi connectivity index (χ1) is 10.2. The number of carboxylic acid groups (broad SMARTS) is 1. The summed E-state index contributed by atoms with van der Waals surface area (Å²) in [6.07, 6.45) is 4.79. The second-order valence-corrected chi connectivity index (χ2v) is 4.94. The fourth-order valence-electron chi connectivity index (χ4n) is 2.59. The van der Waals surface area contributed by atoms with E-state index in [1.807, 2.05) is 0 Å². The zero-order valence-electron chi connectivity index (χ0n) is 11.3. The number of fused-ring (bicyclic) bond motifs is 1. The van der Waals surface area contributed by atoms with E-state index >= 15 is 0 Å². The number of aromatic carboxylic acids is 1. The summed E-state index contributed by atoms with van der Waals surface area (Å²) < 4.78 is 0. The quantitative estimate of drug-likeness (QED) is 0.918. The summed E-state index contributed by atoms with van der Waals surface area (Å²) in [4.78, 5) is 29.2. The van der Waals surface area contributed by atoms with Gasteiger partial charge in [0.1, 0.15) is 0 Å². The molecule has 0 unspecified atom stereocenters. The summed E-state index contributed by atoms with van der Waals surface area (Å²) in [6.45, 7) is 0.639. The van der Waals surface area contributed by atoms with Gasteiger partial charge in [0, 0.05) is 30.2 Å².